The summed E-state index contributed by atoms with van der Waals surface area (Å²) in [6, 6.07) is 0. The minimum absolute atomic E-state index is 0.896. The second kappa shape index (κ2) is 3.24. The molecule has 3 atom stereocenters. The molecule has 0 N–H and O–H groups in total. The van der Waals surface area contributed by atoms with Crippen molar-refractivity contribution in [1.29, 1.82) is 0 Å². The van der Waals surface area contributed by atoms with Crippen molar-refractivity contribution in [3.63, 3.8) is 0 Å². The minimum atomic E-state index is 0.896. The van der Waals surface area contributed by atoms with Crippen molar-refractivity contribution in [2.24, 2.45) is 23.7 Å². The highest BCUT2D eigenvalue weighted by atomic mass is 14.4. The lowest BCUT2D eigenvalue weighted by atomic mass is 9.87. The van der Waals surface area contributed by atoms with Gasteiger partial charge in [-0.3, -0.25) is 0 Å². The number of hydrogen-bond donors (Lipinski definition) is 0. The van der Waals surface area contributed by atoms with Crippen molar-refractivity contribution in [3.8, 4) is 0 Å². The first-order valence-corrected chi connectivity index (χ1v) is 5.44. The molecule has 0 aromatic heterocycles. The van der Waals surface area contributed by atoms with E-state index in [0.717, 1.165) is 23.7 Å². The average Bonchev–Trinajstić information content (AvgIpc) is 2.60. The third-order valence-corrected chi connectivity index (χ3v) is 3.53. The van der Waals surface area contributed by atoms with Gasteiger partial charge in [-0.2, -0.15) is 0 Å². The fourth-order valence-corrected chi connectivity index (χ4v) is 2.77. The first kappa shape index (κ1) is 8.34. The van der Waals surface area contributed by atoms with E-state index in [4.69, 9.17) is 0 Å². The molecule has 0 aromatic rings. The van der Waals surface area contributed by atoms with Crippen LogP contribution in [0.5, 0.6) is 0 Å². The van der Waals surface area contributed by atoms with Gasteiger partial charge < -0.3 is 0 Å². The van der Waals surface area contributed by atoms with Crippen LogP contribution < -0.4 is 0 Å². The van der Waals surface area contributed by atoms with Crippen LogP contribution in [0.15, 0.2) is 12.2 Å². The van der Waals surface area contributed by atoms with Gasteiger partial charge in [-0.1, -0.05) is 32.4 Å². The van der Waals surface area contributed by atoms with Crippen LogP contribution in [0.3, 0.4) is 0 Å². The maximum absolute atomic E-state index is 2.47. The van der Waals surface area contributed by atoms with Crippen molar-refractivity contribution in [3.05, 3.63) is 12.2 Å². The van der Waals surface area contributed by atoms with E-state index in [0.29, 0.717) is 0 Å². The van der Waals surface area contributed by atoms with Crippen molar-refractivity contribution < 1.29 is 0 Å². The molecule has 1 saturated carbocycles. The molecule has 0 heterocycles. The van der Waals surface area contributed by atoms with Gasteiger partial charge in [-0.15, -0.1) is 0 Å². The van der Waals surface area contributed by atoms with Crippen molar-refractivity contribution in [2.75, 3.05) is 0 Å². The quantitative estimate of drug-likeness (QED) is 0.559. The van der Waals surface area contributed by atoms with E-state index in [1.165, 1.54) is 25.7 Å². The van der Waals surface area contributed by atoms with Gasteiger partial charge in [0.05, 0.1) is 0 Å². The van der Waals surface area contributed by atoms with E-state index in [1.54, 1.807) is 0 Å². The number of fused-ring (bicyclic) bond motifs is 2. The first-order chi connectivity index (χ1) is 5.75. The standard InChI is InChI=1S/C12H20/c1-9(2)3-5-11-7-10-4-6-12(11)8-10/h4,6,9-12H,3,5,7-8H2,1-2H3. The Hall–Kier alpha value is -0.260. The second-order valence-corrected chi connectivity index (χ2v) is 5.01. The molecular formula is C12H20. The zero-order valence-corrected chi connectivity index (χ0v) is 8.29. The Labute approximate surface area is 76.1 Å². The lowest BCUT2D eigenvalue weighted by molar-refractivity contribution is 0.374. The highest BCUT2D eigenvalue weighted by Crippen LogP contribution is 2.45. The average molecular weight is 164 g/mol. The SMILES string of the molecule is CC(C)CCC1CC2C=CC1C2. The maximum Gasteiger partial charge on any atom is -0.0199 e. The normalized spacial score (nSPS) is 38.4. The van der Waals surface area contributed by atoms with Gasteiger partial charge in [0, 0.05) is 0 Å². The third-order valence-electron chi connectivity index (χ3n) is 3.53. The van der Waals surface area contributed by atoms with Crippen LogP contribution in [-0.2, 0) is 0 Å². The molecule has 0 spiro atoms. The van der Waals surface area contributed by atoms with E-state index >= 15 is 0 Å². The zero-order valence-electron chi connectivity index (χ0n) is 8.29. The summed E-state index contributed by atoms with van der Waals surface area (Å²) < 4.78 is 0. The predicted molar refractivity (Wildman–Crippen MR) is 52.9 cm³/mol. The predicted octanol–water partition coefficient (Wildman–Crippen LogP) is 3.63. The highest BCUT2D eigenvalue weighted by Gasteiger charge is 2.34. The molecule has 2 rings (SSSR count). The van der Waals surface area contributed by atoms with Crippen molar-refractivity contribution in [1.82, 2.24) is 0 Å². The van der Waals surface area contributed by atoms with Gasteiger partial charge in [0.15, 0.2) is 0 Å². The van der Waals surface area contributed by atoms with Crippen LogP contribution in [0.1, 0.15) is 39.5 Å². The molecule has 0 aliphatic heterocycles. The topological polar surface area (TPSA) is 0 Å². The summed E-state index contributed by atoms with van der Waals surface area (Å²) in [5.74, 6) is 3.87. The van der Waals surface area contributed by atoms with Crippen LogP contribution in [0, 0.1) is 23.7 Å². The highest BCUT2D eigenvalue weighted by molar-refractivity contribution is 5.09. The molecule has 2 bridgehead atoms. The van der Waals surface area contributed by atoms with Gasteiger partial charge >= 0.3 is 0 Å². The number of rotatable bonds is 3. The third kappa shape index (κ3) is 1.57. The zero-order chi connectivity index (χ0) is 8.55. The van der Waals surface area contributed by atoms with Crippen LogP contribution in [0.25, 0.3) is 0 Å². The summed E-state index contributed by atoms with van der Waals surface area (Å²) in [4.78, 5) is 0. The Kier molecular flexibility index (Phi) is 2.25. The lowest BCUT2D eigenvalue weighted by Crippen LogP contribution is -2.07. The monoisotopic (exact) mass is 164 g/mol. The molecule has 0 saturated heterocycles. The molecule has 12 heavy (non-hydrogen) atoms. The second-order valence-electron chi connectivity index (χ2n) is 5.01. The van der Waals surface area contributed by atoms with E-state index in [-0.39, 0.29) is 0 Å². The maximum atomic E-state index is 2.47. The van der Waals surface area contributed by atoms with Crippen LogP contribution in [0.2, 0.25) is 0 Å². The molecule has 68 valence electrons. The van der Waals surface area contributed by atoms with E-state index in [9.17, 15) is 0 Å². The van der Waals surface area contributed by atoms with Crippen LogP contribution >= 0.6 is 0 Å². The summed E-state index contributed by atoms with van der Waals surface area (Å²) in [5, 5.41) is 0. The van der Waals surface area contributed by atoms with Gasteiger partial charge in [-0.25, -0.2) is 0 Å². The van der Waals surface area contributed by atoms with E-state index < -0.39 is 0 Å². The van der Waals surface area contributed by atoms with Crippen molar-refractivity contribution in [2.45, 2.75) is 39.5 Å². The summed E-state index contributed by atoms with van der Waals surface area (Å²) in [6.45, 7) is 4.67. The van der Waals surface area contributed by atoms with Gasteiger partial charge in [-0.05, 0) is 42.9 Å². The smallest absolute Gasteiger partial charge is 0.0199 e. The van der Waals surface area contributed by atoms with Gasteiger partial charge in [0.2, 0.25) is 0 Å². The largest absolute Gasteiger partial charge is 0.0851 e. The molecule has 0 nitrogen and oxygen atoms in total. The Balaban J connectivity index is 1.80. The summed E-state index contributed by atoms with van der Waals surface area (Å²) in [5.41, 5.74) is 0. The van der Waals surface area contributed by atoms with Gasteiger partial charge in [0.1, 0.15) is 0 Å². The van der Waals surface area contributed by atoms with Crippen LogP contribution in [0.4, 0.5) is 0 Å². The Morgan fingerprint density at radius 1 is 1.25 bits per heavy atom. The fourth-order valence-electron chi connectivity index (χ4n) is 2.77. The lowest BCUT2D eigenvalue weighted by Gasteiger charge is -2.18. The molecular weight excluding hydrogens is 144 g/mol. The molecule has 2 aliphatic rings. The number of hydrogen-bond acceptors (Lipinski definition) is 0. The van der Waals surface area contributed by atoms with E-state index in [2.05, 4.69) is 26.0 Å². The molecule has 0 amide bonds. The molecule has 0 radical (unpaired) electrons. The molecule has 1 fully saturated rings. The summed E-state index contributed by atoms with van der Waals surface area (Å²) in [6.07, 6.45) is 10.8. The Morgan fingerprint density at radius 3 is 2.58 bits per heavy atom. The fraction of sp³-hybridized carbons (Fsp3) is 0.833. The van der Waals surface area contributed by atoms with E-state index in [1.807, 2.05) is 0 Å². The first-order valence-electron chi connectivity index (χ1n) is 5.44. The Morgan fingerprint density at radius 2 is 2.08 bits per heavy atom. The van der Waals surface area contributed by atoms with Crippen LogP contribution in [-0.4, -0.2) is 0 Å². The molecule has 0 aromatic carbocycles. The van der Waals surface area contributed by atoms with Crippen molar-refractivity contribution >= 4 is 0 Å². The molecule has 2 aliphatic carbocycles. The molecule has 0 heteroatoms. The van der Waals surface area contributed by atoms with Gasteiger partial charge in [0.25, 0.3) is 0 Å². The summed E-state index contributed by atoms with van der Waals surface area (Å²) in [7, 11) is 0. The number of allylic oxidation sites excluding steroid dienone is 2. The molecule has 3 unspecified atom stereocenters. The summed E-state index contributed by atoms with van der Waals surface area (Å²) >= 11 is 0. The Bertz CT molecular complexity index is 178. The minimum Gasteiger partial charge on any atom is -0.0851 e.